The van der Waals surface area contributed by atoms with Crippen molar-refractivity contribution >= 4 is 27.3 Å². The van der Waals surface area contributed by atoms with Crippen LogP contribution < -0.4 is 14.4 Å². The Hall–Kier alpha value is -2.54. The summed E-state index contributed by atoms with van der Waals surface area (Å²) in [5, 5.41) is 0. The van der Waals surface area contributed by atoms with Crippen molar-refractivity contribution < 1.29 is 17.9 Å². The molecular weight excluding hydrogens is 364 g/mol. The molecule has 0 saturated carbocycles. The molecule has 2 aromatic rings. The van der Waals surface area contributed by atoms with Crippen LogP contribution in [0.3, 0.4) is 0 Å². The fourth-order valence-electron chi connectivity index (χ4n) is 3.93. The first kappa shape index (κ1) is 17.9. The number of rotatable bonds is 4. The second-order valence-electron chi connectivity index (χ2n) is 7.14. The van der Waals surface area contributed by atoms with E-state index in [9.17, 15) is 13.2 Å². The van der Waals surface area contributed by atoms with Gasteiger partial charge in [-0.15, -0.1) is 0 Å². The third-order valence-electron chi connectivity index (χ3n) is 5.30. The Labute approximate surface area is 159 Å². The van der Waals surface area contributed by atoms with Crippen molar-refractivity contribution in [3.8, 4) is 5.75 Å². The number of nitrogens with one attached hydrogen (secondary N) is 1. The van der Waals surface area contributed by atoms with Crippen molar-refractivity contribution in [3.63, 3.8) is 0 Å². The number of anilines is 2. The van der Waals surface area contributed by atoms with E-state index in [-0.39, 0.29) is 16.7 Å². The number of benzene rings is 2. The van der Waals surface area contributed by atoms with Gasteiger partial charge in [0.2, 0.25) is 5.91 Å². The molecule has 2 heterocycles. The summed E-state index contributed by atoms with van der Waals surface area (Å²) < 4.78 is 34.1. The van der Waals surface area contributed by atoms with Gasteiger partial charge in [0.25, 0.3) is 10.0 Å². The summed E-state index contributed by atoms with van der Waals surface area (Å²) >= 11 is 0. The Morgan fingerprint density at radius 3 is 2.74 bits per heavy atom. The first-order valence-electron chi connectivity index (χ1n) is 8.97. The lowest BCUT2D eigenvalue weighted by molar-refractivity contribution is -0.119. The number of hydrogen-bond donors (Lipinski definition) is 1. The third-order valence-corrected chi connectivity index (χ3v) is 6.65. The molecule has 0 spiro atoms. The van der Waals surface area contributed by atoms with Crippen LogP contribution in [0.5, 0.6) is 5.75 Å². The molecule has 2 aliphatic heterocycles. The number of sulfonamides is 1. The third kappa shape index (κ3) is 2.86. The number of methoxy groups -OCH3 is 1. The summed E-state index contributed by atoms with van der Waals surface area (Å²) in [7, 11) is -2.31. The fourth-order valence-corrected chi connectivity index (χ4v) is 5.07. The monoisotopic (exact) mass is 386 g/mol. The van der Waals surface area contributed by atoms with E-state index in [4.69, 9.17) is 4.74 Å². The standard InChI is InChI=1S/C20H22N2O4S/c1-12-6-7-18(26-3)17(9-12)21-27(24,25)15-10-14-5-4-8-22-19(14)16(11-15)13(2)20(22)23/h6-7,9-11,13,21H,4-5,8H2,1-3H3/t13-/m1/s1. The molecule has 2 aliphatic rings. The lowest BCUT2D eigenvalue weighted by atomic mass is 9.97. The summed E-state index contributed by atoms with van der Waals surface area (Å²) in [6.07, 6.45) is 1.61. The highest BCUT2D eigenvalue weighted by Crippen LogP contribution is 2.44. The van der Waals surface area contributed by atoms with Gasteiger partial charge >= 0.3 is 0 Å². The molecule has 0 fully saturated rings. The largest absolute Gasteiger partial charge is 0.495 e. The van der Waals surface area contributed by atoms with E-state index in [1.54, 1.807) is 29.2 Å². The normalized spacial score (nSPS) is 18.4. The van der Waals surface area contributed by atoms with E-state index in [1.165, 1.54) is 7.11 Å². The van der Waals surface area contributed by atoms with Crippen LogP contribution in [0.15, 0.2) is 35.2 Å². The lowest BCUT2D eigenvalue weighted by Crippen LogP contribution is -2.32. The highest BCUT2D eigenvalue weighted by Gasteiger charge is 2.38. The molecule has 0 saturated heterocycles. The van der Waals surface area contributed by atoms with Gasteiger partial charge in [-0.25, -0.2) is 8.42 Å². The van der Waals surface area contributed by atoms with E-state index >= 15 is 0 Å². The molecule has 1 amide bonds. The average Bonchev–Trinajstić information content (AvgIpc) is 2.88. The highest BCUT2D eigenvalue weighted by atomic mass is 32.2. The second-order valence-corrected chi connectivity index (χ2v) is 8.83. The number of aryl methyl sites for hydroxylation is 2. The van der Waals surface area contributed by atoms with Crippen molar-refractivity contribution in [1.82, 2.24) is 0 Å². The van der Waals surface area contributed by atoms with E-state index in [2.05, 4.69) is 4.72 Å². The van der Waals surface area contributed by atoms with Gasteiger partial charge in [-0.2, -0.15) is 0 Å². The highest BCUT2D eigenvalue weighted by molar-refractivity contribution is 7.92. The summed E-state index contributed by atoms with van der Waals surface area (Å²) in [6, 6.07) is 8.66. The zero-order chi connectivity index (χ0) is 19.3. The Morgan fingerprint density at radius 1 is 1.22 bits per heavy atom. The first-order valence-corrected chi connectivity index (χ1v) is 10.5. The van der Waals surface area contributed by atoms with Gasteiger partial charge < -0.3 is 9.64 Å². The minimum atomic E-state index is -3.81. The molecule has 0 aliphatic carbocycles. The number of hydrogen-bond acceptors (Lipinski definition) is 4. The molecule has 142 valence electrons. The van der Waals surface area contributed by atoms with Crippen LogP contribution >= 0.6 is 0 Å². The predicted molar refractivity (Wildman–Crippen MR) is 104 cm³/mol. The predicted octanol–water partition coefficient (Wildman–Crippen LogP) is 3.20. The Morgan fingerprint density at radius 2 is 2.00 bits per heavy atom. The molecule has 0 unspecified atom stereocenters. The van der Waals surface area contributed by atoms with E-state index < -0.39 is 10.0 Å². The van der Waals surface area contributed by atoms with E-state index in [1.807, 2.05) is 19.9 Å². The number of carbonyl (C=O) groups is 1. The van der Waals surface area contributed by atoms with Crippen LogP contribution in [0.25, 0.3) is 0 Å². The molecule has 2 aromatic carbocycles. The van der Waals surface area contributed by atoms with Gasteiger partial charge in [0.05, 0.1) is 29.3 Å². The SMILES string of the molecule is COc1ccc(C)cc1NS(=O)(=O)c1cc2c3c(c1)[C@@H](C)C(=O)N3CCC2. The molecule has 0 bridgehead atoms. The summed E-state index contributed by atoms with van der Waals surface area (Å²) in [6.45, 7) is 4.43. The molecule has 1 N–H and O–H groups in total. The van der Waals surface area contributed by atoms with Crippen LogP contribution in [0.2, 0.25) is 0 Å². The molecule has 1 atom stereocenters. The van der Waals surface area contributed by atoms with Crippen LogP contribution in [-0.4, -0.2) is 28.0 Å². The van der Waals surface area contributed by atoms with Crippen LogP contribution in [0.1, 0.15) is 36.0 Å². The lowest BCUT2D eigenvalue weighted by Gasteiger charge is -2.26. The topological polar surface area (TPSA) is 75.7 Å². The summed E-state index contributed by atoms with van der Waals surface area (Å²) in [4.78, 5) is 14.5. The maximum Gasteiger partial charge on any atom is 0.262 e. The number of nitrogens with zero attached hydrogens (tertiary/aromatic N) is 1. The second kappa shape index (κ2) is 6.27. The van der Waals surface area contributed by atoms with Gasteiger partial charge in [-0.1, -0.05) is 6.07 Å². The van der Waals surface area contributed by atoms with Crippen molar-refractivity contribution in [2.45, 2.75) is 37.5 Å². The Bertz CT molecular complexity index is 1050. The minimum absolute atomic E-state index is 0.0498. The van der Waals surface area contributed by atoms with Gasteiger partial charge in [-0.05, 0) is 67.6 Å². The number of amides is 1. The zero-order valence-electron chi connectivity index (χ0n) is 15.6. The first-order chi connectivity index (χ1) is 12.8. The number of carbonyl (C=O) groups excluding carboxylic acids is 1. The molecule has 6 nitrogen and oxygen atoms in total. The van der Waals surface area contributed by atoms with E-state index in [0.717, 1.165) is 35.2 Å². The zero-order valence-corrected chi connectivity index (χ0v) is 16.4. The van der Waals surface area contributed by atoms with Crippen molar-refractivity contribution in [2.75, 3.05) is 23.3 Å². The Balaban J connectivity index is 1.78. The molecule has 0 radical (unpaired) electrons. The minimum Gasteiger partial charge on any atom is -0.495 e. The van der Waals surface area contributed by atoms with Crippen molar-refractivity contribution in [3.05, 3.63) is 47.0 Å². The maximum atomic E-state index is 13.1. The quantitative estimate of drug-likeness (QED) is 0.876. The number of ether oxygens (including phenoxy) is 1. The van der Waals surface area contributed by atoms with Gasteiger partial charge in [0, 0.05) is 6.54 Å². The fraction of sp³-hybridized carbons (Fsp3) is 0.350. The molecule has 7 heteroatoms. The van der Waals surface area contributed by atoms with Gasteiger partial charge in [0.15, 0.2) is 0 Å². The van der Waals surface area contributed by atoms with Crippen LogP contribution in [0.4, 0.5) is 11.4 Å². The summed E-state index contributed by atoms with van der Waals surface area (Å²) in [5.74, 6) is 0.190. The van der Waals surface area contributed by atoms with Crippen molar-refractivity contribution in [1.29, 1.82) is 0 Å². The van der Waals surface area contributed by atoms with Crippen molar-refractivity contribution in [2.24, 2.45) is 0 Å². The smallest absolute Gasteiger partial charge is 0.262 e. The summed E-state index contributed by atoms with van der Waals surface area (Å²) in [5.41, 5.74) is 3.96. The van der Waals surface area contributed by atoms with E-state index in [0.29, 0.717) is 18.0 Å². The molecular formula is C20H22N2O4S. The molecule has 0 aromatic heterocycles. The molecule has 4 rings (SSSR count). The van der Waals surface area contributed by atoms with Gasteiger partial charge in [0.1, 0.15) is 5.75 Å². The van der Waals surface area contributed by atoms with Gasteiger partial charge in [-0.3, -0.25) is 9.52 Å². The average molecular weight is 386 g/mol. The Kier molecular flexibility index (Phi) is 4.14. The van der Waals surface area contributed by atoms with Crippen LogP contribution in [0, 0.1) is 6.92 Å². The van der Waals surface area contributed by atoms with Crippen LogP contribution in [-0.2, 0) is 21.2 Å². The maximum absolute atomic E-state index is 13.1. The molecule has 27 heavy (non-hydrogen) atoms.